The van der Waals surface area contributed by atoms with Crippen LogP contribution in [-0.4, -0.2) is 11.9 Å². The van der Waals surface area contributed by atoms with Gasteiger partial charge < -0.3 is 9.47 Å². The molecular formula is C29H28O4. The van der Waals surface area contributed by atoms with E-state index in [1.54, 1.807) is 0 Å². The molecule has 2 unspecified atom stereocenters. The molecule has 2 bridgehead atoms. The molecule has 0 N–H and O–H groups in total. The number of carbonyl (C=O) groups is 2. The second-order valence-corrected chi connectivity index (χ2v) is 9.67. The summed E-state index contributed by atoms with van der Waals surface area (Å²) in [6, 6.07) is 15.1. The van der Waals surface area contributed by atoms with Gasteiger partial charge in [-0.25, -0.2) is 9.59 Å². The third-order valence-corrected chi connectivity index (χ3v) is 6.78. The molecule has 2 aliphatic carbocycles. The van der Waals surface area contributed by atoms with Crippen LogP contribution >= 0.6 is 0 Å². The average molecular weight is 441 g/mol. The molecule has 4 heteroatoms. The Hall–Kier alpha value is -3.40. The predicted molar refractivity (Wildman–Crippen MR) is 128 cm³/mol. The molecule has 2 aliphatic rings. The van der Waals surface area contributed by atoms with E-state index in [9.17, 15) is 9.59 Å². The molecule has 4 nitrogen and oxygen atoms in total. The summed E-state index contributed by atoms with van der Waals surface area (Å²) < 4.78 is 11.7. The predicted octanol–water partition coefficient (Wildman–Crippen LogP) is 6.72. The van der Waals surface area contributed by atoms with E-state index in [-0.39, 0.29) is 0 Å². The second kappa shape index (κ2) is 8.18. The zero-order chi connectivity index (χ0) is 23.3. The minimum Gasteiger partial charge on any atom is -0.419 e. The largest absolute Gasteiger partial charge is 0.419 e. The number of rotatable bonds is 4. The standard InChI is InChI=1S/C29H28O4/c1-16-7-17(2)10-22(9-16)28(30)32-26-14-24-20-5-6-21(13-20)25(24)15-27(26)33-29(31)23-11-18(3)8-19(4)12-23/h7-12,14-15,20-21H,5-6,13H2,1-4H3. The van der Waals surface area contributed by atoms with Crippen molar-refractivity contribution in [3.63, 3.8) is 0 Å². The Labute approximate surface area is 194 Å². The van der Waals surface area contributed by atoms with Gasteiger partial charge in [-0.1, -0.05) is 34.4 Å². The first-order chi connectivity index (χ1) is 15.8. The summed E-state index contributed by atoms with van der Waals surface area (Å²) >= 11 is 0. The molecule has 0 saturated heterocycles. The molecule has 3 aromatic carbocycles. The third kappa shape index (κ3) is 4.18. The first kappa shape index (κ1) is 21.4. The SMILES string of the molecule is Cc1cc(C)cc(C(=O)Oc2cc3c(cc2OC(=O)c2cc(C)cc(C)c2)C2CCC3C2)c1. The molecule has 1 fully saturated rings. The van der Waals surface area contributed by atoms with Crippen LogP contribution < -0.4 is 9.47 Å². The van der Waals surface area contributed by atoms with E-state index in [1.807, 2.05) is 76.2 Å². The highest BCUT2D eigenvalue weighted by Crippen LogP contribution is 2.55. The highest BCUT2D eigenvalue weighted by Gasteiger charge is 2.38. The number of hydrogen-bond donors (Lipinski definition) is 0. The average Bonchev–Trinajstić information content (AvgIpc) is 3.35. The lowest BCUT2D eigenvalue weighted by molar-refractivity contribution is 0.0682. The van der Waals surface area contributed by atoms with Gasteiger partial charge in [-0.3, -0.25) is 0 Å². The van der Waals surface area contributed by atoms with Crippen molar-refractivity contribution < 1.29 is 19.1 Å². The van der Waals surface area contributed by atoms with Gasteiger partial charge in [-0.15, -0.1) is 0 Å². The van der Waals surface area contributed by atoms with E-state index >= 15 is 0 Å². The minimum atomic E-state index is -0.450. The van der Waals surface area contributed by atoms with Gasteiger partial charge >= 0.3 is 11.9 Å². The summed E-state index contributed by atoms with van der Waals surface area (Å²) in [6.07, 6.45) is 3.43. The van der Waals surface area contributed by atoms with Gasteiger partial charge in [-0.05, 0) is 106 Å². The van der Waals surface area contributed by atoms with Crippen LogP contribution in [0.4, 0.5) is 0 Å². The highest BCUT2D eigenvalue weighted by atomic mass is 16.6. The Morgan fingerprint density at radius 2 is 0.970 bits per heavy atom. The van der Waals surface area contributed by atoms with Crippen LogP contribution in [0, 0.1) is 27.7 Å². The van der Waals surface area contributed by atoms with Gasteiger partial charge in [0.05, 0.1) is 11.1 Å². The van der Waals surface area contributed by atoms with Crippen LogP contribution in [0.5, 0.6) is 11.5 Å². The number of carbonyl (C=O) groups excluding carboxylic acids is 2. The van der Waals surface area contributed by atoms with Crippen LogP contribution in [0.1, 0.15) is 85.2 Å². The summed E-state index contributed by atoms with van der Waals surface area (Å²) in [4.78, 5) is 26.0. The number of aryl methyl sites for hydroxylation is 4. The van der Waals surface area contributed by atoms with Gasteiger partial charge in [0.1, 0.15) is 0 Å². The van der Waals surface area contributed by atoms with E-state index < -0.39 is 11.9 Å². The molecule has 1 saturated carbocycles. The maximum atomic E-state index is 13.0. The van der Waals surface area contributed by atoms with Crippen molar-refractivity contribution in [3.05, 3.63) is 93.0 Å². The lowest BCUT2D eigenvalue weighted by Gasteiger charge is -2.19. The van der Waals surface area contributed by atoms with Crippen LogP contribution in [0.2, 0.25) is 0 Å². The van der Waals surface area contributed by atoms with E-state index in [0.717, 1.165) is 41.5 Å². The van der Waals surface area contributed by atoms with Crippen LogP contribution in [0.3, 0.4) is 0 Å². The third-order valence-electron chi connectivity index (χ3n) is 6.78. The number of esters is 2. The Balaban J connectivity index is 1.50. The van der Waals surface area contributed by atoms with E-state index in [1.165, 1.54) is 11.1 Å². The van der Waals surface area contributed by atoms with Gasteiger partial charge in [0.2, 0.25) is 0 Å². The van der Waals surface area contributed by atoms with Crippen molar-refractivity contribution in [2.75, 3.05) is 0 Å². The Kier molecular flexibility index (Phi) is 5.32. The van der Waals surface area contributed by atoms with E-state index in [2.05, 4.69) is 0 Å². The first-order valence-corrected chi connectivity index (χ1v) is 11.6. The zero-order valence-corrected chi connectivity index (χ0v) is 19.5. The molecule has 0 aromatic heterocycles. The van der Waals surface area contributed by atoms with Crippen LogP contribution in [-0.2, 0) is 0 Å². The highest BCUT2D eigenvalue weighted by molar-refractivity contribution is 5.94. The van der Waals surface area contributed by atoms with Gasteiger partial charge in [0.15, 0.2) is 11.5 Å². The lowest BCUT2D eigenvalue weighted by Crippen LogP contribution is -2.14. The van der Waals surface area contributed by atoms with Crippen molar-refractivity contribution in [1.29, 1.82) is 0 Å². The van der Waals surface area contributed by atoms with Crippen molar-refractivity contribution in [2.45, 2.75) is 58.8 Å². The summed E-state index contributed by atoms with van der Waals surface area (Å²) in [7, 11) is 0. The van der Waals surface area contributed by atoms with Crippen LogP contribution in [0.15, 0.2) is 48.5 Å². The topological polar surface area (TPSA) is 52.6 Å². The van der Waals surface area contributed by atoms with Gasteiger partial charge in [-0.2, -0.15) is 0 Å². The maximum Gasteiger partial charge on any atom is 0.343 e. The Bertz CT molecular complexity index is 1150. The molecule has 168 valence electrons. The quantitative estimate of drug-likeness (QED) is 0.334. The van der Waals surface area contributed by atoms with Crippen molar-refractivity contribution >= 4 is 11.9 Å². The number of fused-ring (bicyclic) bond motifs is 5. The number of hydrogen-bond acceptors (Lipinski definition) is 4. The maximum absolute atomic E-state index is 13.0. The lowest BCUT2D eigenvalue weighted by atomic mass is 9.91. The molecule has 0 aliphatic heterocycles. The molecule has 3 aromatic rings. The van der Waals surface area contributed by atoms with Crippen molar-refractivity contribution in [1.82, 2.24) is 0 Å². The summed E-state index contributed by atoms with van der Waals surface area (Å²) in [5.74, 6) is 0.703. The fourth-order valence-electron chi connectivity index (χ4n) is 5.51. The summed E-state index contributed by atoms with van der Waals surface area (Å²) in [5, 5.41) is 0. The Morgan fingerprint density at radius 3 is 1.33 bits per heavy atom. The molecule has 33 heavy (non-hydrogen) atoms. The summed E-state index contributed by atoms with van der Waals surface area (Å²) in [5.41, 5.74) is 7.40. The van der Waals surface area contributed by atoms with Gasteiger partial charge in [0.25, 0.3) is 0 Å². The van der Waals surface area contributed by atoms with Gasteiger partial charge in [0, 0.05) is 0 Å². The van der Waals surface area contributed by atoms with Crippen molar-refractivity contribution in [2.24, 2.45) is 0 Å². The van der Waals surface area contributed by atoms with Crippen molar-refractivity contribution in [3.8, 4) is 11.5 Å². The van der Waals surface area contributed by atoms with E-state index in [4.69, 9.17) is 9.47 Å². The zero-order valence-electron chi connectivity index (χ0n) is 19.5. The molecule has 0 radical (unpaired) electrons. The monoisotopic (exact) mass is 440 g/mol. The fraction of sp³-hybridized carbons (Fsp3) is 0.310. The summed E-state index contributed by atoms with van der Waals surface area (Å²) in [6.45, 7) is 7.81. The molecular weight excluding hydrogens is 412 g/mol. The molecule has 0 amide bonds. The number of ether oxygens (including phenoxy) is 2. The Morgan fingerprint density at radius 1 is 0.606 bits per heavy atom. The molecule has 5 rings (SSSR count). The molecule has 2 atom stereocenters. The molecule has 0 heterocycles. The fourth-order valence-corrected chi connectivity index (χ4v) is 5.51. The molecule has 0 spiro atoms. The van der Waals surface area contributed by atoms with E-state index in [0.29, 0.717) is 34.5 Å². The normalized spacial score (nSPS) is 18.2. The second-order valence-electron chi connectivity index (χ2n) is 9.67. The smallest absolute Gasteiger partial charge is 0.343 e. The number of benzene rings is 3. The minimum absolute atomic E-state index is 0.309. The van der Waals surface area contributed by atoms with Crippen LogP contribution in [0.25, 0.3) is 0 Å². The first-order valence-electron chi connectivity index (χ1n) is 11.6.